The molecular formula is C14H19N3. The van der Waals surface area contributed by atoms with Crippen LogP contribution in [0.4, 0.5) is 5.69 Å². The van der Waals surface area contributed by atoms with Gasteiger partial charge < -0.3 is 5.32 Å². The van der Waals surface area contributed by atoms with E-state index in [1.165, 1.54) is 16.7 Å². The Labute approximate surface area is 102 Å². The molecule has 0 aliphatic heterocycles. The molecule has 1 heterocycles. The van der Waals surface area contributed by atoms with Crippen LogP contribution in [0.2, 0.25) is 0 Å². The number of hydrogen-bond acceptors (Lipinski definition) is 2. The predicted molar refractivity (Wildman–Crippen MR) is 71.2 cm³/mol. The molecule has 0 spiro atoms. The first-order valence-corrected chi connectivity index (χ1v) is 5.88. The van der Waals surface area contributed by atoms with Crippen molar-refractivity contribution in [1.82, 2.24) is 9.78 Å². The van der Waals surface area contributed by atoms with Crippen LogP contribution >= 0.6 is 0 Å². The summed E-state index contributed by atoms with van der Waals surface area (Å²) in [7, 11) is 1.92. The summed E-state index contributed by atoms with van der Waals surface area (Å²) in [6.45, 7) is 6.45. The lowest BCUT2D eigenvalue weighted by molar-refractivity contribution is 0.767. The maximum atomic E-state index is 4.15. The topological polar surface area (TPSA) is 29.9 Å². The fourth-order valence-corrected chi connectivity index (χ4v) is 2.13. The van der Waals surface area contributed by atoms with Crippen LogP contribution < -0.4 is 5.32 Å². The zero-order valence-electron chi connectivity index (χ0n) is 10.9. The van der Waals surface area contributed by atoms with Gasteiger partial charge in [0.1, 0.15) is 0 Å². The molecule has 0 aliphatic rings. The second-order valence-electron chi connectivity index (χ2n) is 4.63. The summed E-state index contributed by atoms with van der Waals surface area (Å²) in [5.74, 6) is 0. The second kappa shape index (κ2) is 4.62. The molecule has 1 aromatic heterocycles. The Bertz CT molecular complexity index is 514. The maximum Gasteiger partial charge on any atom is 0.0731 e. The Kier molecular flexibility index (Phi) is 3.18. The molecule has 3 heteroatoms. The smallest absolute Gasteiger partial charge is 0.0731 e. The number of benzene rings is 1. The number of aromatic nitrogens is 2. The largest absolute Gasteiger partial charge is 0.376 e. The second-order valence-corrected chi connectivity index (χ2v) is 4.63. The summed E-state index contributed by atoms with van der Waals surface area (Å²) >= 11 is 0. The van der Waals surface area contributed by atoms with E-state index in [0.717, 1.165) is 5.69 Å². The first-order valence-electron chi connectivity index (χ1n) is 5.88. The van der Waals surface area contributed by atoms with Crippen LogP contribution in [0, 0.1) is 13.8 Å². The van der Waals surface area contributed by atoms with Crippen molar-refractivity contribution in [3.8, 4) is 0 Å². The molecule has 0 amide bonds. The molecule has 2 rings (SSSR count). The van der Waals surface area contributed by atoms with E-state index in [0.29, 0.717) is 6.04 Å². The van der Waals surface area contributed by atoms with Crippen molar-refractivity contribution in [2.75, 3.05) is 5.32 Å². The van der Waals surface area contributed by atoms with Crippen molar-refractivity contribution >= 4 is 5.69 Å². The fraction of sp³-hybridized carbons (Fsp3) is 0.357. The maximum absolute atomic E-state index is 4.15. The third kappa shape index (κ3) is 2.67. The normalized spacial score (nSPS) is 12.5. The number of anilines is 1. The Hall–Kier alpha value is -1.77. The van der Waals surface area contributed by atoms with Crippen LogP contribution in [-0.4, -0.2) is 9.78 Å². The van der Waals surface area contributed by atoms with Crippen LogP contribution in [0.5, 0.6) is 0 Å². The Morgan fingerprint density at radius 3 is 2.65 bits per heavy atom. The molecule has 1 unspecified atom stereocenters. The number of rotatable bonds is 3. The van der Waals surface area contributed by atoms with Crippen LogP contribution in [0.25, 0.3) is 0 Å². The SMILES string of the molecule is Cc1ccc(C(C)Nc2cnn(C)c2)c(C)c1. The van der Waals surface area contributed by atoms with Gasteiger partial charge in [0.15, 0.2) is 0 Å². The van der Waals surface area contributed by atoms with E-state index in [2.05, 4.69) is 49.4 Å². The average molecular weight is 229 g/mol. The summed E-state index contributed by atoms with van der Waals surface area (Å²) in [4.78, 5) is 0. The molecule has 1 atom stereocenters. The van der Waals surface area contributed by atoms with E-state index >= 15 is 0 Å². The van der Waals surface area contributed by atoms with Crippen LogP contribution in [0.1, 0.15) is 29.7 Å². The molecule has 0 saturated heterocycles. The predicted octanol–water partition coefficient (Wildman–Crippen LogP) is 3.21. The highest BCUT2D eigenvalue weighted by atomic mass is 15.3. The summed E-state index contributed by atoms with van der Waals surface area (Å²) in [6, 6.07) is 6.86. The minimum absolute atomic E-state index is 0.291. The standard InChI is InChI=1S/C14H19N3/c1-10-5-6-14(11(2)7-10)12(3)16-13-8-15-17(4)9-13/h5-9,12,16H,1-4H3. The number of nitrogens with one attached hydrogen (secondary N) is 1. The summed E-state index contributed by atoms with van der Waals surface area (Å²) < 4.78 is 1.80. The Morgan fingerprint density at radius 1 is 1.29 bits per heavy atom. The van der Waals surface area contributed by atoms with Crippen molar-refractivity contribution in [2.45, 2.75) is 26.8 Å². The minimum Gasteiger partial charge on any atom is -0.376 e. The highest BCUT2D eigenvalue weighted by Gasteiger charge is 2.08. The monoisotopic (exact) mass is 229 g/mol. The lowest BCUT2D eigenvalue weighted by Gasteiger charge is -2.17. The van der Waals surface area contributed by atoms with Crippen LogP contribution in [-0.2, 0) is 7.05 Å². The van der Waals surface area contributed by atoms with E-state index in [1.54, 1.807) is 4.68 Å². The Morgan fingerprint density at radius 2 is 2.06 bits per heavy atom. The van der Waals surface area contributed by atoms with Gasteiger partial charge in [-0.2, -0.15) is 5.10 Å². The minimum atomic E-state index is 0.291. The molecule has 2 aromatic rings. The van der Waals surface area contributed by atoms with Gasteiger partial charge in [0.25, 0.3) is 0 Å². The lowest BCUT2D eigenvalue weighted by Crippen LogP contribution is -2.07. The number of hydrogen-bond donors (Lipinski definition) is 1. The first kappa shape index (κ1) is 11.7. The average Bonchev–Trinajstić information content (AvgIpc) is 2.63. The third-order valence-corrected chi connectivity index (χ3v) is 2.98. The summed E-state index contributed by atoms with van der Waals surface area (Å²) in [6.07, 6.45) is 3.83. The van der Waals surface area contributed by atoms with Crippen molar-refractivity contribution < 1.29 is 0 Å². The highest BCUT2D eigenvalue weighted by Crippen LogP contribution is 2.22. The van der Waals surface area contributed by atoms with Crippen molar-refractivity contribution in [1.29, 1.82) is 0 Å². The zero-order valence-corrected chi connectivity index (χ0v) is 10.9. The van der Waals surface area contributed by atoms with E-state index in [4.69, 9.17) is 0 Å². The molecular weight excluding hydrogens is 210 g/mol. The van der Waals surface area contributed by atoms with Gasteiger partial charge in [-0.25, -0.2) is 0 Å². The van der Waals surface area contributed by atoms with Gasteiger partial charge in [-0.1, -0.05) is 23.8 Å². The fourth-order valence-electron chi connectivity index (χ4n) is 2.13. The van der Waals surface area contributed by atoms with Crippen molar-refractivity contribution in [3.05, 3.63) is 47.3 Å². The van der Waals surface area contributed by atoms with Crippen LogP contribution in [0.15, 0.2) is 30.6 Å². The molecule has 1 N–H and O–H groups in total. The molecule has 0 aliphatic carbocycles. The van der Waals surface area contributed by atoms with Gasteiger partial charge in [0.05, 0.1) is 11.9 Å². The van der Waals surface area contributed by atoms with Crippen molar-refractivity contribution in [3.63, 3.8) is 0 Å². The van der Waals surface area contributed by atoms with E-state index in [-0.39, 0.29) is 0 Å². The van der Waals surface area contributed by atoms with Gasteiger partial charge in [0.2, 0.25) is 0 Å². The molecule has 1 aromatic carbocycles. The van der Waals surface area contributed by atoms with Gasteiger partial charge >= 0.3 is 0 Å². The molecule has 3 nitrogen and oxygen atoms in total. The van der Waals surface area contributed by atoms with Gasteiger partial charge in [-0.05, 0) is 31.9 Å². The first-order chi connectivity index (χ1) is 8.06. The van der Waals surface area contributed by atoms with Gasteiger partial charge in [-0.3, -0.25) is 4.68 Å². The molecule has 0 saturated carbocycles. The van der Waals surface area contributed by atoms with Crippen LogP contribution in [0.3, 0.4) is 0 Å². The Balaban J connectivity index is 2.17. The molecule has 90 valence electrons. The third-order valence-electron chi connectivity index (χ3n) is 2.98. The number of nitrogens with zero attached hydrogens (tertiary/aromatic N) is 2. The van der Waals surface area contributed by atoms with E-state index in [1.807, 2.05) is 19.4 Å². The highest BCUT2D eigenvalue weighted by molar-refractivity contribution is 5.43. The van der Waals surface area contributed by atoms with E-state index < -0.39 is 0 Å². The summed E-state index contributed by atoms with van der Waals surface area (Å²) in [5, 5.41) is 7.61. The van der Waals surface area contributed by atoms with Gasteiger partial charge in [-0.15, -0.1) is 0 Å². The number of aryl methyl sites for hydroxylation is 3. The molecule has 0 radical (unpaired) electrons. The molecule has 0 bridgehead atoms. The quantitative estimate of drug-likeness (QED) is 0.875. The lowest BCUT2D eigenvalue weighted by atomic mass is 10.0. The zero-order chi connectivity index (χ0) is 12.4. The van der Waals surface area contributed by atoms with Gasteiger partial charge in [0, 0.05) is 19.3 Å². The summed E-state index contributed by atoms with van der Waals surface area (Å²) in [5.41, 5.74) is 5.02. The molecule has 17 heavy (non-hydrogen) atoms. The molecule has 0 fully saturated rings. The van der Waals surface area contributed by atoms with E-state index in [9.17, 15) is 0 Å². The van der Waals surface area contributed by atoms with Crippen molar-refractivity contribution in [2.24, 2.45) is 7.05 Å².